The first kappa shape index (κ1) is 27.3. The van der Waals surface area contributed by atoms with Crippen LogP contribution in [-0.4, -0.2) is 52.7 Å². The van der Waals surface area contributed by atoms with Gasteiger partial charge in [0.05, 0.1) is 30.8 Å². The van der Waals surface area contributed by atoms with Gasteiger partial charge in [0.15, 0.2) is 17.4 Å². The van der Waals surface area contributed by atoms with Gasteiger partial charge in [0, 0.05) is 22.2 Å². The van der Waals surface area contributed by atoms with E-state index in [0.717, 1.165) is 11.3 Å². The fraction of sp³-hybridized carbons (Fsp3) is 0.259. The highest BCUT2D eigenvalue weighted by Crippen LogP contribution is 2.32. The van der Waals surface area contributed by atoms with E-state index in [1.165, 1.54) is 11.3 Å². The summed E-state index contributed by atoms with van der Waals surface area (Å²) in [7, 11) is 5.43. The van der Waals surface area contributed by atoms with E-state index in [-0.39, 0.29) is 12.3 Å². The fourth-order valence-corrected chi connectivity index (χ4v) is 5.20. The molecule has 11 heteroatoms. The molecule has 0 aliphatic heterocycles. The van der Waals surface area contributed by atoms with Gasteiger partial charge < -0.3 is 20.3 Å². The van der Waals surface area contributed by atoms with Crippen molar-refractivity contribution in [2.24, 2.45) is 0 Å². The Bertz CT molecular complexity index is 1450. The summed E-state index contributed by atoms with van der Waals surface area (Å²) < 4.78 is 7.07. The lowest BCUT2D eigenvalue weighted by atomic mass is 10.0. The average molecular weight is 553 g/mol. The summed E-state index contributed by atoms with van der Waals surface area (Å²) in [6.45, 7) is 2.62. The van der Waals surface area contributed by atoms with Crippen LogP contribution in [0.2, 0.25) is 5.02 Å². The molecule has 2 aromatic carbocycles. The van der Waals surface area contributed by atoms with Crippen molar-refractivity contribution in [1.29, 1.82) is 0 Å². The van der Waals surface area contributed by atoms with Crippen molar-refractivity contribution in [3.05, 3.63) is 87.3 Å². The fourth-order valence-electron chi connectivity index (χ4n) is 3.85. The third kappa shape index (κ3) is 6.21. The van der Waals surface area contributed by atoms with Crippen LogP contribution in [0.25, 0.3) is 5.00 Å². The molecule has 9 nitrogen and oxygen atoms in total. The number of halogens is 1. The monoisotopic (exact) mass is 552 g/mol. The number of hydrogen-bond acceptors (Lipinski definition) is 7. The second kappa shape index (κ2) is 12.2. The van der Waals surface area contributed by atoms with Crippen LogP contribution in [-0.2, 0) is 19.5 Å². The number of ketones is 1. The number of carbonyl (C=O) groups is 2. The maximum Gasteiger partial charge on any atom is 0.319 e. The number of urea groups is 1. The van der Waals surface area contributed by atoms with Crippen LogP contribution >= 0.6 is 22.9 Å². The van der Waals surface area contributed by atoms with Crippen molar-refractivity contribution in [2.75, 3.05) is 26.5 Å². The lowest BCUT2D eigenvalue weighted by molar-refractivity contribution is 0.103. The molecule has 198 valence electrons. The summed E-state index contributed by atoms with van der Waals surface area (Å²) in [4.78, 5) is 29.3. The normalized spacial score (nSPS) is 11.0. The van der Waals surface area contributed by atoms with Gasteiger partial charge in [0.25, 0.3) is 0 Å². The quantitative estimate of drug-likeness (QED) is 0.263. The van der Waals surface area contributed by atoms with Crippen LogP contribution in [0.5, 0.6) is 5.75 Å². The summed E-state index contributed by atoms with van der Waals surface area (Å²) in [6, 6.07) is 15.6. The van der Waals surface area contributed by atoms with Crippen molar-refractivity contribution in [2.45, 2.75) is 26.4 Å². The predicted molar refractivity (Wildman–Crippen MR) is 150 cm³/mol. The van der Waals surface area contributed by atoms with Crippen LogP contribution in [0.1, 0.15) is 39.4 Å². The number of carbonyl (C=O) groups excluding carboxylic acids is 2. The topological polar surface area (TPSA) is 101 Å². The van der Waals surface area contributed by atoms with Crippen LogP contribution in [0, 0.1) is 0 Å². The van der Waals surface area contributed by atoms with E-state index in [4.69, 9.17) is 16.3 Å². The van der Waals surface area contributed by atoms with Crippen molar-refractivity contribution in [3.63, 3.8) is 0 Å². The summed E-state index contributed by atoms with van der Waals surface area (Å²) in [5.74, 6) is 1.61. The summed E-state index contributed by atoms with van der Waals surface area (Å²) in [6.07, 6.45) is 0.759. The van der Waals surface area contributed by atoms with Crippen molar-refractivity contribution in [1.82, 2.24) is 25.0 Å². The minimum atomic E-state index is -0.408. The summed E-state index contributed by atoms with van der Waals surface area (Å²) in [5.41, 5.74) is 1.53. The molecule has 0 unspecified atom stereocenters. The second-order valence-electron chi connectivity index (χ2n) is 8.74. The molecular formula is C27H29ClN6O3S. The van der Waals surface area contributed by atoms with E-state index in [1.807, 2.05) is 36.6 Å². The van der Waals surface area contributed by atoms with Crippen molar-refractivity contribution < 1.29 is 14.3 Å². The Kier molecular flexibility index (Phi) is 8.77. The number of methoxy groups -OCH3 is 1. The number of nitrogens with one attached hydrogen (secondary N) is 2. The van der Waals surface area contributed by atoms with E-state index in [2.05, 4.69) is 20.8 Å². The number of rotatable bonds is 10. The molecule has 38 heavy (non-hydrogen) atoms. The minimum absolute atomic E-state index is 0.0926. The number of anilines is 1. The Hall–Kier alpha value is -3.73. The van der Waals surface area contributed by atoms with Gasteiger partial charge in [0.1, 0.15) is 10.8 Å². The Morgan fingerprint density at radius 1 is 1.05 bits per heavy atom. The first-order chi connectivity index (χ1) is 18.3. The van der Waals surface area contributed by atoms with Gasteiger partial charge in [-0.1, -0.05) is 36.7 Å². The lowest BCUT2D eigenvalue weighted by Crippen LogP contribution is -2.29. The van der Waals surface area contributed by atoms with Crippen molar-refractivity contribution >= 4 is 40.4 Å². The molecule has 2 aromatic heterocycles. The molecule has 0 spiro atoms. The van der Waals surface area contributed by atoms with Gasteiger partial charge in [-0.3, -0.25) is 9.36 Å². The third-order valence-corrected chi connectivity index (χ3v) is 7.26. The highest BCUT2D eigenvalue weighted by Gasteiger charge is 2.25. The maximum atomic E-state index is 13.6. The van der Waals surface area contributed by atoms with E-state index in [0.29, 0.717) is 50.8 Å². The number of benzene rings is 2. The maximum absolute atomic E-state index is 13.6. The third-order valence-electron chi connectivity index (χ3n) is 5.67. The van der Waals surface area contributed by atoms with Gasteiger partial charge >= 0.3 is 6.03 Å². The summed E-state index contributed by atoms with van der Waals surface area (Å²) >= 11 is 7.87. The SMILES string of the molecule is CCc1cc(C(=O)c2ccccc2Cl)c(-n2c(CNC(=O)Nc3cccc(OC)c3)nnc2CN(C)C)s1. The second-order valence-corrected chi connectivity index (χ2v) is 10.3. The molecule has 0 fully saturated rings. The molecule has 2 N–H and O–H groups in total. The van der Waals surface area contributed by atoms with Gasteiger partial charge in [-0.2, -0.15) is 0 Å². The number of amides is 2. The van der Waals surface area contributed by atoms with Crippen LogP contribution in [0.4, 0.5) is 10.5 Å². The van der Waals surface area contributed by atoms with E-state index < -0.39 is 6.03 Å². The van der Waals surface area contributed by atoms with Gasteiger partial charge in [-0.05, 0) is 50.8 Å². The standard InChI is InChI=1S/C27H29ClN6O3S/c1-5-19-14-21(25(35)20-11-6-7-12-22(20)28)26(38-19)34-23(31-32-24(34)16-33(2)3)15-29-27(36)30-17-9-8-10-18(13-17)37-4/h6-14H,5,15-16H2,1-4H3,(H2,29,30,36). The zero-order chi connectivity index (χ0) is 27.2. The Labute approximate surface area is 230 Å². The zero-order valence-electron chi connectivity index (χ0n) is 21.6. The van der Waals surface area contributed by atoms with Crippen LogP contribution in [0.15, 0.2) is 54.6 Å². The molecule has 2 amide bonds. The molecule has 0 atom stereocenters. The number of aromatic nitrogens is 3. The zero-order valence-corrected chi connectivity index (χ0v) is 23.2. The Balaban J connectivity index is 1.67. The number of nitrogens with zero attached hydrogens (tertiary/aromatic N) is 4. The van der Waals surface area contributed by atoms with Crippen LogP contribution in [0.3, 0.4) is 0 Å². The molecule has 0 saturated heterocycles. The number of hydrogen-bond donors (Lipinski definition) is 2. The van der Waals surface area contributed by atoms with Crippen LogP contribution < -0.4 is 15.4 Å². The molecular weight excluding hydrogens is 524 g/mol. The molecule has 0 aliphatic carbocycles. The van der Waals surface area contributed by atoms with E-state index in [9.17, 15) is 9.59 Å². The highest BCUT2D eigenvalue weighted by atomic mass is 35.5. The highest BCUT2D eigenvalue weighted by molar-refractivity contribution is 7.15. The number of aryl methyl sites for hydroxylation is 1. The largest absolute Gasteiger partial charge is 0.497 e. The summed E-state index contributed by atoms with van der Waals surface area (Å²) in [5, 5.41) is 15.5. The van der Waals surface area contributed by atoms with E-state index >= 15 is 0 Å². The Morgan fingerprint density at radius 3 is 2.53 bits per heavy atom. The molecule has 4 rings (SSSR count). The molecule has 4 aromatic rings. The molecule has 0 saturated carbocycles. The van der Waals surface area contributed by atoms with Gasteiger partial charge in [0.2, 0.25) is 0 Å². The number of thiophene rings is 1. The first-order valence-corrected chi connectivity index (χ1v) is 13.2. The minimum Gasteiger partial charge on any atom is -0.497 e. The predicted octanol–water partition coefficient (Wildman–Crippen LogP) is 5.17. The lowest BCUT2D eigenvalue weighted by Gasteiger charge is -2.14. The molecule has 0 bridgehead atoms. The van der Waals surface area contributed by atoms with E-state index in [1.54, 1.807) is 55.6 Å². The first-order valence-electron chi connectivity index (χ1n) is 12.0. The Morgan fingerprint density at radius 2 is 1.82 bits per heavy atom. The number of ether oxygens (including phenoxy) is 1. The van der Waals surface area contributed by atoms with Gasteiger partial charge in [-0.25, -0.2) is 4.79 Å². The molecule has 0 aliphatic rings. The van der Waals surface area contributed by atoms with Gasteiger partial charge in [-0.15, -0.1) is 21.5 Å². The molecule has 0 radical (unpaired) electrons. The average Bonchev–Trinajstić information content (AvgIpc) is 3.50. The molecule has 2 heterocycles. The smallest absolute Gasteiger partial charge is 0.319 e. The van der Waals surface area contributed by atoms with Crippen molar-refractivity contribution in [3.8, 4) is 10.8 Å².